The summed E-state index contributed by atoms with van der Waals surface area (Å²) in [5.41, 5.74) is 0. The molecule has 0 aromatic carbocycles. The maximum absolute atomic E-state index is 5.46. The van der Waals surface area contributed by atoms with Crippen molar-refractivity contribution in [3.05, 3.63) is 0 Å². The molecule has 1 aliphatic heterocycles. The summed E-state index contributed by atoms with van der Waals surface area (Å²) in [5.74, 6) is 0. The topological polar surface area (TPSA) is 21.3 Å². The average Bonchev–Trinajstić information content (AvgIpc) is 2.43. The molecule has 1 N–H and O–H groups in total. The van der Waals surface area contributed by atoms with E-state index in [2.05, 4.69) is 5.32 Å². The zero-order valence-corrected chi connectivity index (χ0v) is 12.7. The van der Waals surface area contributed by atoms with E-state index in [1.165, 1.54) is 83.5 Å². The van der Waals surface area contributed by atoms with Gasteiger partial charge >= 0.3 is 0 Å². The predicted molar refractivity (Wildman–Crippen MR) is 81.6 cm³/mol. The third-order valence-electron chi connectivity index (χ3n) is 4.80. The normalized spacial score (nSPS) is 26.5. The summed E-state index contributed by atoms with van der Waals surface area (Å²) in [7, 11) is 0. The van der Waals surface area contributed by atoms with Gasteiger partial charge in [-0.25, -0.2) is 0 Å². The Morgan fingerprint density at radius 3 is 1.47 bits per heavy atom. The third-order valence-corrected chi connectivity index (χ3v) is 4.80. The van der Waals surface area contributed by atoms with Crippen LogP contribution >= 0.6 is 0 Å². The van der Waals surface area contributed by atoms with Crippen LogP contribution in [0.5, 0.6) is 0 Å². The Balaban J connectivity index is 1.70. The predicted octanol–water partition coefficient (Wildman–Crippen LogP) is 4.43. The van der Waals surface area contributed by atoms with E-state index >= 15 is 0 Å². The molecule has 0 amide bonds. The molecular weight excluding hydrogens is 234 g/mol. The van der Waals surface area contributed by atoms with Gasteiger partial charge in [-0.2, -0.15) is 0 Å². The highest BCUT2D eigenvalue weighted by Crippen LogP contribution is 2.18. The smallest absolute Gasteiger partial charge is 0.0480 e. The van der Waals surface area contributed by atoms with Gasteiger partial charge in [0.05, 0.1) is 0 Å². The molecule has 2 aliphatic rings. The summed E-state index contributed by atoms with van der Waals surface area (Å²) < 4.78 is 5.46. The zero-order chi connectivity index (χ0) is 13.2. The van der Waals surface area contributed by atoms with Gasteiger partial charge in [-0.05, 0) is 25.7 Å². The average molecular weight is 267 g/mol. The van der Waals surface area contributed by atoms with Crippen molar-refractivity contribution < 1.29 is 4.74 Å². The van der Waals surface area contributed by atoms with E-state index in [-0.39, 0.29) is 0 Å². The lowest BCUT2D eigenvalue weighted by Crippen LogP contribution is -2.41. The van der Waals surface area contributed by atoms with Crippen LogP contribution in [-0.2, 0) is 4.74 Å². The Hall–Kier alpha value is -0.0800. The number of hydrogen-bond donors (Lipinski definition) is 1. The monoisotopic (exact) mass is 267 g/mol. The van der Waals surface area contributed by atoms with E-state index in [1.54, 1.807) is 0 Å². The van der Waals surface area contributed by atoms with Gasteiger partial charge in [0, 0.05) is 25.3 Å². The number of hydrogen-bond acceptors (Lipinski definition) is 2. The zero-order valence-electron chi connectivity index (χ0n) is 12.7. The number of rotatable bonds is 2. The molecule has 2 heteroatoms. The van der Waals surface area contributed by atoms with Crippen molar-refractivity contribution in [3.8, 4) is 0 Å². The Kier molecular flexibility index (Phi) is 7.87. The Morgan fingerprint density at radius 1 is 0.526 bits per heavy atom. The van der Waals surface area contributed by atoms with E-state index in [4.69, 9.17) is 4.74 Å². The van der Waals surface area contributed by atoms with Gasteiger partial charge in [-0.15, -0.1) is 0 Å². The molecule has 1 heterocycles. The van der Waals surface area contributed by atoms with Gasteiger partial charge in [0.1, 0.15) is 0 Å². The SMILES string of the molecule is C1CCCCCC(NC2CCOCC2)CCCCC1. The summed E-state index contributed by atoms with van der Waals surface area (Å²) in [6.45, 7) is 1.93. The molecule has 0 unspecified atom stereocenters. The van der Waals surface area contributed by atoms with Crippen molar-refractivity contribution in [1.29, 1.82) is 0 Å². The highest BCUT2D eigenvalue weighted by Gasteiger charge is 2.17. The van der Waals surface area contributed by atoms with Crippen LogP contribution < -0.4 is 5.32 Å². The number of ether oxygens (including phenoxy) is 1. The number of nitrogens with one attached hydrogen (secondary N) is 1. The van der Waals surface area contributed by atoms with Crippen LogP contribution in [0.4, 0.5) is 0 Å². The van der Waals surface area contributed by atoms with Crippen molar-refractivity contribution in [2.75, 3.05) is 13.2 Å². The minimum atomic E-state index is 0.728. The molecule has 0 aromatic rings. The van der Waals surface area contributed by atoms with Crippen molar-refractivity contribution >= 4 is 0 Å². The first-order valence-corrected chi connectivity index (χ1v) is 8.79. The molecule has 2 fully saturated rings. The summed E-state index contributed by atoms with van der Waals surface area (Å²) in [6, 6.07) is 1.51. The summed E-state index contributed by atoms with van der Waals surface area (Å²) in [6.07, 6.45) is 18.3. The van der Waals surface area contributed by atoms with Gasteiger partial charge in [-0.1, -0.05) is 57.8 Å². The first kappa shape index (κ1) is 15.3. The van der Waals surface area contributed by atoms with E-state index in [0.717, 1.165) is 25.3 Å². The highest BCUT2D eigenvalue weighted by molar-refractivity contribution is 4.77. The van der Waals surface area contributed by atoms with Gasteiger partial charge in [-0.3, -0.25) is 0 Å². The Labute approximate surface area is 119 Å². The van der Waals surface area contributed by atoms with Gasteiger partial charge in [0.2, 0.25) is 0 Å². The first-order valence-electron chi connectivity index (χ1n) is 8.79. The molecule has 0 bridgehead atoms. The van der Waals surface area contributed by atoms with Crippen LogP contribution in [0.2, 0.25) is 0 Å². The molecule has 0 atom stereocenters. The van der Waals surface area contributed by atoms with E-state index < -0.39 is 0 Å². The fourth-order valence-electron chi connectivity index (χ4n) is 3.53. The minimum absolute atomic E-state index is 0.728. The quantitative estimate of drug-likeness (QED) is 0.799. The van der Waals surface area contributed by atoms with Crippen LogP contribution in [0.3, 0.4) is 0 Å². The van der Waals surface area contributed by atoms with Crippen molar-refractivity contribution in [2.24, 2.45) is 0 Å². The molecule has 1 aliphatic carbocycles. The van der Waals surface area contributed by atoms with Gasteiger partial charge in [0.25, 0.3) is 0 Å². The fraction of sp³-hybridized carbons (Fsp3) is 1.00. The van der Waals surface area contributed by atoms with Crippen LogP contribution in [0, 0.1) is 0 Å². The maximum Gasteiger partial charge on any atom is 0.0480 e. The molecule has 2 rings (SSSR count). The third kappa shape index (κ3) is 6.76. The second-order valence-corrected chi connectivity index (χ2v) is 6.51. The van der Waals surface area contributed by atoms with Crippen LogP contribution in [0.25, 0.3) is 0 Å². The first-order chi connectivity index (χ1) is 9.45. The van der Waals surface area contributed by atoms with E-state index in [1.807, 2.05) is 0 Å². The summed E-state index contributed by atoms with van der Waals surface area (Å²) in [5, 5.41) is 3.93. The lowest BCUT2D eigenvalue weighted by molar-refractivity contribution is 0.0739. The standard InChI is InChI=1S/C17H33NO/c1-2-4-6-8-10-16(11-9-7-5-3-1)18-17-12-14-19-15-13-17/h16-18H,1-15H2. The van der Waals surface area contributed by atoms with Gasteiger partial charge < -0.3 is 10.1 Å². The largest absolute Gasteiger partial charge is 0.381 e. The van der Waals surface area contributed by atoms with E-state index in [9.17, 15) is 0 Å². The molecular formula is C17H33NO. The minimum Gasteiger partial charge on any atom is -0.381 e. The molecule has 112 valence electrons. The van der Waals surface area contributed by atoms with Gasteiger partial charge in [0.15, 0.2) is 0 Å². The maximum atomic E-state index is 5.46. The van der Waals surface area contributed by atoms with Crippen molar-refractivity contribution in [2.45, 2.75) is 95.6 Å². The molecule has 0 aromatic heterocycles. The Morgan fingerprint density at radius 2 is 0.947 bits per heavy atom. The van der Waals surface area contributed by atoms with Crippen LogP contribution in [-0.4, -0.2) is 25.3 Å². The lowest BCUT2D eigenvalue weighted by atomic mass is 9.96. The molecule has 1 saturated carbocycles. The summed E-state index contributed by atoms with van der Waals surface area (Å²) in [4.78, 5) is 0. The second-order valence-electron chi connectivity index (χ2n) is 6.51. The van der Waals surface area contributed by atoms with Crippen LogP contribution in [0.15, 0.2) is 0 Å². The fourth-order valence-corrected chi connectivity index (χ4v) is 3.53. The molecule has 0 radical (unpaired) electrons. The summed E-state index contributed by atoms with van der Waals surface area (Å²) >= 11 is 0. The molecule has 2 nitrogen and oxygen atoms in total. The van der Waals surface area contributed by atoms with Crippen molar-refractivity contribution in [3.63, 3.8) is 0 Å². The van der Waals surface area contributed by atoms with E-state index in [0.29, 0.717) is 0 Å². The molecule has 0 spiro atoms. The van der Waals surface area contributed by atoms with Crippen LogP contribution in [0.1, 0.15) is 83.5 Å². The van der Waals surface area contributed by atoms with Crippen molar-refractivity contribution in [1.82, 2.24) is 5.32 Å². The second kappa shape index (κ2) is 9.77. The molecule has 1 saturated heterocycles. The lowest BCUT2D eigenvalue weighted by Gasteiger charge is -2.29. The molecule has 19 heavy (non-hydrogen) atoms. The highest BCUT2D eigenvalue weighted by atomic mass is 16.5. The Bertz CT molecular complexity index is 201.